The van der Waals surface area contributed by atoms with E-state index in [4.69, 9.17) is 11.6 Å². The van der Waals surface area contributed by atoms with E-state index in [0.717, 1.165) is 25.2 Å². The number of carbonyl (C=O) groups is 1. The van der Waals surface area contributed by atoms with E-state index in [1.807, 2.05) is 7.05 Å². The molecule has 1 N–H and O–H groups in total. The quantitative estimate of drug-likeness (QED) is 0.645. The normalized spacial score (nSPS) is 10.4. The second kappa shape index (κ2) is 6.51. The highest BCUT2D eigenvalue weighted by molar-refractivity contribution is 6.32. The Morgan fingerprint density at radius 2 is 2.35 bits per heavy atom. The molecule has 0 radical (unpaired) electrons. The molecule has 0 bridgehead atoms. The maximum Gasteiger partial charge on any atom is 0.256 e. The van der Waals surface area contributed by atoms with Gasteiger partial charge in [-0.2, -0.15) is 0 Å². The summed E-state index contributed by atoms with van der Waals surface area (Å²) in [5, 5.41) is 3.01. The van der Waals surface area contributed by atoms with Crippen LogP contribution in [0.5, 0.6) is 0 Å². The number of carbonyl (C=O) groups excluding carboxylic acids is 1. The number of nitrogens with zero attached hydrogens (tertiary/aromatic N) is 2. The lowest BCUT2D eigenvalue weighted by molar-refractivity contribution is 0.0793. The molecule has 0 fully saturated rings. The zero-order valence-corrected chi connectivity index (χ0v) is 10.6. The summed E-state index contributed by atoms with van der Waals surface area (Å²) < 4.78 is 13.0. The first-order valence-corrected chi connectivity index (χ1v) is 5.65. The van der Waals surface area contributed by atoms with Crippen molar-refractivity contribution in [1.82, 2.24) is 15.2 Å². The van der Waals surface area contributed by atoms with E-state index in [1.165, 1.54) is 4.90 Å². The number of rotatable bonds is 5. The van der Waals surface area contributed by atoms with Gasteiger partial charge in [0.25, 0.3) is 5.91 Å². The largest absolute Gasteiger partial charge is 0.342 e. The number of pyridine rings is 1. The van der Waals surface area contributed by atoms with Crippen molar-refractivity contribution in [3.63, 3.8) is 0 Å². The highest BCUT2D eigenvalue weighted by Crippen LogP contribution is 2.15. The third-order valence-electron chi connectivity index (χ3n) is 2.30. The third kappa shape index (κ3) is 3.94. The van der Waals surface area contributed by atoms with Gasteiger partial charge in [-0.3, -0.25) is 4.79 Å². The fourth-order valence-electron chi connectivity index (χ4n) is 1.37. The minimum Gasteiger partial charge on any atom is -0.342 e. The molecule has 1 aromatic heterocycles. The Labute approximate surface area is 105 Å². The molecular weight excluding hydrogens is 245 g/mol. The van der Waals surface area contributed by atoms with Gasteiger partial charge in [-0.1, -0.05) is 11.6 Å². The van der Waals surface area contributed by atoms with Crippen LogP contribution in [0.1, 0.15) is 16.8 Å². The zero-order valence-electron chi connectivity index (χ0n) is 9.83. The number of halogens is 2. The van der Waals surface area contributed by atoms with Gasteiger partial charge in [0.1, 0.15) is 11.0 Å². The van der Waals surface area contributed by atoms with E-state index >= 15 is 0 Å². The van der Waals surface area contributed by atoms with Crippen LogP contribution in [0, 0.1) is 5.82 Å². The Bertz CT molecular complexity index is 400. The van der Waals surface area contributed by atoms with Crippen molar-refractivity contribution in [3.8, 4) is 0 Å². The Morgan fingerprint density at radius 1 is 1.65 bits per heavy atom. The summed E-state index contributed by atoms with van der Waals surface area (Å²) >= 11 is 5.76. The highest BCUT2D eigenvalue weighted by atomic mass is 35.5. The van der Waals surface area contributed by atoms with Crippen LogP contribution >= 0.6 is 11.6 Å². The molecule has 0 aliphatic heterocycles. The van der Waals surface area contributed by atoms with Crippen LogP contribution in [0.4, 0.5) is 4.39 Å². The smallest absolute Gasteiger partial charge is 0.256 e. The van der Waals surface area contributed by atoms with E-state index in [1.54, 1.807) is 7.05 Å². The number of hydrogen-bond acceptors (Lipinski definition) is 3. The van der Waals surface area contributed by atoms with Gasteiger partial charge in [0.2, 0.25) is 0 Å². The molecule has 1 rings (SSSR count). The second-order valence-electron chi connectivity index (χ2n) is 3.68. The molecule has 0 atom stereocenters. The molecule has 4 nitrogen and oxygen atoms in total. The van der Waals surface area contributed by atoms with Gasteiger partial charge < -0.3 is 10.2 Å². The van der Waals surface area contributed by atoms with Crippen LogP contribution in [0.25, 0.3) is 0 Å². The van der Waals surface area contributed by atoms with Gasteiger partial charge in [-0.05, 0) is 26.1 Å². The topological polar surface area (TPSA) is 45.2 Å². The lowest BCUT2D eigenvalue weighted by Crippen LogP contribution is -2.29. The maximum absolute atomic E-state index is 13.0. The first-order chi connectivity index (χ1) is 8.06. The Morgan fingerprint density at radius 3 is 3.00 bits per heavy atom. The molecule has 0 aliphatic rings. The summed E-state index contributed by atoms with van der Waals surface area (Å²) in [6.45, 7) is 1.39. The van der Waals surface area contributed by atoms with E-state index in [9.17, 15) is 9.18 Å². The highest BCUT2D eigenvalue weighted by Gasteiger charge is 2.16. The van der Waals surface area contributed by atoms with Crippen LogP contribution < -0.4 is 5.32 Å². The van der Waals surface area contributed by atoms with Gasteiger partial charge in [0.05, 0.1) is 11.8 Å². The SMILES string of the molecule is CNCCCN(C)C(=O)c1cc(F)cnc1Cl. The molecule has 17 heavy (non-hydrogen) atoms. The van der Waals surface area contributed by atoms with Crippen LogP contribution in [0.2, 0.25) is 5.15 Å². The molecule has 0 spiro atoms. The number of nitrogens with one attached hydrogen (secondary N) is 1. The molecule has 1 heterocycles. The molecule has 1 aromatic rings. The second-order valence-corrected chi connectivity index (χ2v) is 4.03. The van der Waals surface area contributed by atoms with Crippen LogP contribution in [-0.2, 0) is 0 Å². The molecular formula is C11H15ClFN3O. The molecule has 0 unspecified atom stereocenters. The Kier molecular flexibility index (Phi) is 5.31. The average molecular weight is 260 g/mol. The van der Waals surface area contributed by atoms with Crippen molar-refractivity contribution in [2.45, 2.75) is 6.42 Å². The summed E-state index contributed by atoms with van der Waals surface area (Å²) in [4.78, 5) is 17.0. The first-order valence-electron chi connectivity index (χ1n) is 5.27. The third-order valence-corrected chi connectivity index (χ3v) is 2.60. The van der Waals surface area contributed by atoms with Crippen molar-refractivity contribution < 1.29 is 9.18 Å². The van der Waals surface area contributed by atoms with Crippen LogP contribution in [-0.4, -0.2) is 43.0 Å². The monoisotopic (exact) mass is 259 g/mol. The summed E-state index contributed by atoms with van der Waals surface area (Å²) in [6, 6.07) is 1.10. The minimum absolute atomic E-state index is 0.0249. The van der Waals surface area contributed by atoms with E-state index in [2.05, 4.69) is 10.3 Å². The van der Waals surface area contributed by atoms with E-state index < -0.39 is 5.82 Å². The lowest BCUT2D eigenvalue weighted by atomic mass is 10.2. The molecule has 94 valence electrons. The lowest BCUT2D eigenvalue weighted by Gasteiger charge is -2.17. The summed E-state index contributed by atoms with van der Waals surface area (Å²) in [5.41, 5.74) is 0.0959. The predicted octanol–water partition coefficient (Wildman–Crippen LogP) is 1.56. The fraction of sp³-hybridized carbons (Fsp3) is 0.455. The molecule has 1 amide bonds. The van der Waals surface area contributed by atoms with E-state index in [-0.39, 0.29) is 16.6 Å². The van der Waals surface area contributed by atoms with Gasteiger partial charge in [-0.15, -0.1) is 0 Å². The molecule has 6 heteroatoms. The zero-order chi connectivity index (χ0) is 12.8. The molecule has 0 aromatic carbocycles. The fourth-order valence-corrected chi connectivity index (χ4v) is 1.56. The Hall–Kier alpha value is -1.20. The number of aromatic nitrogens is 1. The van der Waals surface area contributed by atoms with Crippen molar-refractivity contribution >= 4 is 17.5 Å². The summed E-state index contributed by atoms with van der Waals surface area (Å²) in [5.74, 6) is -0.889. The number of hydrogen-bond donors (Lipinski definition) is 1. The van der Waals surface area contributed by atoms with Crippen molar-refractivity contribution in [3.05, 3.63) is 28.8 Å². The molecule has 0 saturated carbocycles. The Balaban J connectivity index is 2.71. The summed E-state index contributed by atoms with van der Waals surface area (Å²) in [7, 11) is 3.49. The first kappa shape index (κ1) is 13.9. The van der Waals surface area contributed by atoms with Gasteiger partial charge in [0.15, 0.2) is 0 Å². The van der Waals surface area contributed by atoms with Crippen LogP contribution in [0.3, 0.4) is 0 Å². The minimum atomic E-state index is -0.568. The van der Waals surface area contributed by atoms with Gasteiger partial charge in [-0.25, -0.2) is 9.37 Å². The summed E-state index contributed by atoms with van der Waals surface area (Å²) in [6.07, 6.45) is 1.80. The number of amides is 1. The molecule has 0 saturated heterocycles. The van der Waals surface area contributed by atoms with Crippen molar-refractivity contribution in [1.29, 1.82) is 0 Å². The maximum atomic E-state index is 13.0. The van der Waals surface area contributed by atoms with Crippen molar-refractivity contribution in [2.75, 3.05) is 27.2 Å². The predicted molar refractivity (Wildman–Crippen MR) is 64.7 cm³/mol. The van der Waals surface area contributed by atoms with Gasteiger partial charge >= 0.3 is 0 Å². The average Bonchev–Trinajstić information content (AvgIpc) is 2.31. The van der Waals surface area contributed by atoms with Crippen LogP contribution in [0.15, 0.2) is 12.3 Å². The standard InChI is InChI=1S/C11H15ClFN3O/c1-14-4-3-5-16(2)11(17)9-6-8(13)7-15-10(9)12/h6-7,14H,3-5H2,1-2H3. The van der Waals surface area contributed by atoms with Gasteiger partial charge in [0, 0.05) is 13.6 Å². The van der Waals surface area contributed by atoms with E-state index in [0.29, 0.717) is 6.54 Å². The molecule has 0 aliphatic carbocycles. The van der Waals surface area contributed by atoms with Crippen molar-refractivity contribution in [2.24, 2.45) is 0 Å².